The molecule has 28 heavy (non-hydrogen) atoms. The Bertz CT molecular complexity index is 814. The molecule has 1 aliphatic rings. The van der Waals surface area contributed by atoms with Crippen LogP contribution in [-0.4, -0.2) is 64.1 Å². The van der Waals surface area contributed by atoms with Crippen LogP contribution in [0.2, 0.25) is 0 Å². The normalized spacial score (nSPS) is 13.8. The molecule has 0 saturated carbocycles. The van der Waals surface area contributed by atoms with Crippen molar-refractivity contribution in [1.82, 2.24) is 4.90 Å². The lowest BCUT2D eigenvalue weighted by Gasteiger charge is -2.36. The van der Waals surface area contributed by atoms with Crippen LogP contribution >= 0.6 is 0 Å². The van der Waals surface area contributed by atoms with Crippen molar-refractivity contribution in [3.8, 4) is 17.2 Å². The van der Waals surface area contributed by atoms with E-state index in [4.69, 9.17) is 14.2 Å². The van der Waals surface area contributed by atoms with Gasteiger partial charge in [-0.2, -0.15) is 0 Å². The van der Waals surface area contributed by atoms with Crippen LogP contribution in [0.25, 0.3) is 0 Å². The summed E-state index contributed by atoms with van der Waals surface area (Å²) in [6.45, 7) is 2.72. The Hall–Kier alpha value is -3.22. The quantitative estimate of drug-likeness (QED) is 0.682. The molecule has 0 N–H and O–H groups in total. The number of nitrogens with zero attached hydrogens (tertiary/aromatic N) is 2. The second-order valence-electron chi connectivity index (χ2n) is 6.38. The molecule has 1 fully saturated rings. The van der Waals surface area contributed by atoms with Gasteiger partial charge in [0.1, 0.15) is 12.0 Å². The predicted molar refractivity (Wildman–Crippen MR) is 106 cm³/mol. The molecule has 1 heterocycles. The molecule has 0 radical (unpaired) electrons. The number of methoxy groups -OCH3 is 2. The fourth-order valence-electron chi connectivity index (χ4n) is 3.11. The van der Waals surface area contributed by atoms with Gasteiger partial charge in [-0.05, 0) is 42.5 Å². The third kappa shape index (κ3) is 4.54. The molecule has 7 nitrogen and oxygen atoms in total. The molecule has 148 valence electrons. The lowest BCUT2D eigenvalue weighted by molar-refractivity contribution is -0.133. The Balaban J connectivity index is 1.52. The highest BCUT2D eigenvalue weighted by molar-refractivity contribution is 5.79. The molecule has 1 amide bonds. The van der Waals surface area contributed by atoms with Crippen LogP contribution in [0.4, 0.5) is 5.69 Å². The van der Waals surface area contributed by atoms with Gasteiger partial charge in [0, 0.05) is 37.4 Å². The van der Waals surface area contributed by atoms with Crippen LogP contribution < -0.4 is 19.1 Å². The Morgan fingerprint density at radius 1 is 0.964 bits per heavy atom. The first-order valence-electron chi connectivity index (χ1n) is 9.07. The summed E-state index contributed by atoms with van der Waals surface area (Å²) in [6, 6.07) is 12.8. The van der Waals surface area contributed by atoms with Crippen molar-refractivity contribution >= 4 is 17.9 Å². The number of benzene rings is 2. The van der Waals surface area contributed by atoms with E-state index < -0.39 is 0 Å². The van der Waals surface area contributed by atoms with E-state index in [0.29, 0.717) is 30.2 Å². The lowest BCUT2D eigenvalue weighted by atomic mass is 10.2. The number of carbonyl (C=O) groups is 2. The fraction of sp³-hybridized carbons (Fsp3) is 0.333. The van der Waals surface area contributed by atoms with Gasteiger partial charge in [-0.3, -0.25) is 9.59 Å². The lowest BCUT2D eigenvalue weighted by Crippen LogP contribution is -2.50. The second-order valence-corrected chi connectivity index (χ2v) is 6.38. The van der Waals surface area contributed by atoms with Crippen molar-refractivity contribution in [3.63, 3.8) is 0 Å². The summed E-state index contributed by atoms with van der Waals surface area (Å²) in [5.74, 6) is 1.63. The minimum atomic E-state index is -0.0732. The summed E-state index contributed by atoms with van der Waals surface area (Å²) < 4.78 is 16.0. The summed E-state index contributed by atoms with van der Waals surface area (Å²) in [5, 5.41) is 0. The first-order chi connectivity index (χ1) is 13.6. The molecule has 0 aromatic heterocycles. The standard InChI is InChI=1S/C21H24N2O5/c1-26-18-6-4-17(5-7-18)22-9-11-23(12-10-22)21(25)15-28-19-8-3-16(14-24)13-20(19)27-2/h3-8,13-14H,9-12,15H2,1-2H3. The maximum atomic E-state index is 12.5. The molecule has 2 aromatic carbocycles. The molecule has 1 saturated heterocycles. The van der Waals surface area contributed by atoms with Gasteiger partial charge in [0.05, 0.1) is 14.2 Å². The average Bonchev–Trinajstić information content (AvgIpc) is 2.77. The third-order valence-electron chi connectivity index (χ3n) is 4.74. The molecule has 0 bridgehead atoms. The van der Waals surface area contributed by atoms with Crippen molar-refractivity contribution in [2.75, 3.05) is 51.9 Å². The Kier molecular flexibility index (Phi) is 6.37. The number of carbonyl (C=O) groups excluding carboxylic acids is 2. The zero-order valence-electron chi connectivity index (χ0n) is 16.1. The maximum Gasteiger partial charge on any atom is 0.260 e. The van der Waals surface area contributed by atoms with E-state index in [-0.39, 0.29) is 12.5 Å². The highest BCUT2D eigenvalue weighted by Crippen LogP contribution is 2.27. The highest BCUT2D eigenvalue weighted by atomic mass is 16.5. The van der Waals surface area contributed by atoms with Crippen LogP contribution in [-0.2, 0) is 4.79 Å². The molecule has 7 heteroatoms. The van der Waals surface area contributed by atoms with Crippen LogP contribution in [0.1, 0.15) is 10.4 Å². The monoisotopic (exact) mass is 384 g/mol. The zero-order valence-corrected chi connectivity index (χ0v) is 16.1. The van der Waals surface area contributed by atoms with Crippen LogP contribution in [0.5, 0.6) is 17.2 Å². The summed E-state index contributed by atoms with van der Waals surface area (Å²) in [7, 11) is 3.14. The van der Waals surface area contributed by atoms with E-state index in [2.05, 4.69) is 4.90 Å². The van der Waals surface area contributed by atoms with Gasteiger partial charge in [-0.1, -0.05) is 0 Å². The minimum Gasteiger partial charge on any atom is -0.497 e. The third-order valence-corrected chi connectivity index (χ3v) is 4.74. The number of aldehydes is 1. The van der Waals surface area contributed by atoms with E-state index in [9.17, 15) is 9.59 Å². The predicted octanol–water partition coefficient (Wildman–Crippen LogP) is 2.24. The topological polar surface area (TPSA) is 68.3 Å². The van der Waals surface area contributed by atoms with Crippen LogP contribution in [0.15, 0.2) is 42.5 Å². The smallest absolute Gasteiger partial charge is 0.260 e. The molecule has 3 rings (SSSR count). The Labute approximate surface area is 164 Å². The van der Waals surface area contributed by atoms with E-state index >= 15 is 0 Å². The number of ether oxygens (including phenoxy) is 3. The van der Waals surface area contributed by atoms with Crippen molar-refractivity contribution < 1.29 is 23.8 Å². The number of anilines is 1. The number of hydrogen-bond acceptors (Lipinski definition) is 6. The largest absolute Gasteiger partial charge is 0.497 e. The van der Waals surface area contributed by atoms with Crippen molar-refractivity contribution in [3.05, 3.63) is 48.0 Å². The minimum absolute atomic E-state index is 0.0701. The zero-order chi connectivity index (χ0) is 19.9. The van der Waals surface area contributed by atoms with Crippen molar-refractivity contribution in [1.29, 1.82) is 0 Å². The number of piperazine rings is 1. The first-order valence-corrected chi connectivity index (χ1v) is 9.07. The van der Waals surface area contributed by atoms with Crippen molar-refractivity contribution in [2.45, 2.75) is 0 Å². The van der Waals surface area contributed by atoms with E-state index in [1.165, 1.54) is 7.11 Å². The van der Waals surface area contributed by atoms with E-state index in [1.807, 2.05) is 24.3 Å². The molecule has 0 unspecified atom stereocenters. The van der Waals surface area contributed by atoms with Crippen LogP contribution in [0, 0.1) is 0 Å². The van der Waals surface area contributed by atoms with Gasteiger partial charge >= 0.3 is 0 Å². The number of amides is 1. The summed E-state index contributed by atoms with van der Waals surface area (Å²) in [5.41, 5.74) is 1.61. The van der Waals surface area contributed by atoms with E-state index in [0.717, 1.165) is 30.8 Å². The fourth-order valence-corrected chi connectivity index (χ4v) is 3.11. The molecule has 1 aliphatic heterocycles. The molecule has 0 aliphatic carbocycles. The SMILES string of the molecule is COc1ccc(N2CCN(C(=O)COc3ccc(C=O)cc3OC)CC2)cc1. The van der Waals surface area contributed by atoms with Gasteiger partial charge in [0.25, 0.3) is 5.91 Å². The summed E-state index contributed by atoms with van der Waals surface area (Å²) in [4.78, 5) is 27.4. The Morgan fingerprint density at radius 2 is 1.68 bits per heavy atom. The van der Waals surface area contributed by atoms with E-state index in [1.54, 1.807) is 30.2 Å². The van der Waals surface area contributed by atoms with Gasteiger partial charge in [-0.25, -0.2) is 0 Å². The van der Waals surface area contributed by atoms with Gasteiger partial charge in [0.15, 0.2) is 18.1 Å². The molecule has 2 aromatic rings. The average molecular weight is 384 g/mol. The number of hydrogen-bond donors (Lipinski definition) is 0. The van der Waals surface area contributed by atoms with Gasteiger partial charge in [-0.15, -0.1) is 0 Å². The number of rotatable bonds is 7. The molecular formula is C21H24N2O5. The highest BCUT2D eigenvalue weighted by Gasteiger charge is 2.22. The maximum absolute atomic E-state index is 12.5. The summed E-state index contributed by atoms with van der Waals surface area (Å²) >= 11 is 0. The first kappa shape index (κ1) is 19.5. The Morgan fingerprint density at radius 3 is 2.29 bits per heavy atom. The van der Waals surface area contributed by atoms with Crippen LogP contribution in [0.3, 0.4) is 0 Å². The molecule has 0 atom stereocenters. The van der Waals surface area contributed by atoms with Crippen molar-refractivity contribution in [2.24, 2.45) is 0 Å². The van der Waals surface area contributed by atoms with Gasteiger partial charge in [0.2, 0.25) is 0 Å². The molecule has 0 spiro atoms. The van der Waals surface area contributed by atoms with Gasteiger partial charge < -0.3 is 24.0 Å². The summed E-state index contributed by atoms with van der Waals surface area (Å²) in [6.07, 6.45) is 0.736. The second kappa shape index (κ2) is 9.12. The molecular weight excluding hydrogens is 360 g/mol.